The number of carbonyl (C=O) groups excluding carboxylic acids is 3. The van der Waals surface area contributed by atoms with E-state index in [9.17, 15) is 14.4 Å². The van der Waals surface area contributed by atoms with E-state index in [1.165, 1.54) is 18.4 Å². The number of ether oxygens (including phenoxy) is 4. The minimum atomic E-state index is -1.29. The van der Waals surface area contributed by atoms with E-state index < -0.39 is 41.8 Å². The third kappa shape index (κ3) is 6.01. The number of aliphatic hydroxyl groups excluding tert-OH is 1. The van der Waals surface area contributed by atoms with E-state index in [0.29, 0.717) is 34.5 Å². The Hall–Kier alpha value is -3.65. The third-order valence-corrected chi connectivity index (χ3v) is 13.7. The molecule has 12 heteroatoms. The average molecular weight is 742 g/mol. The van der Waals surface area contributed by atoms with Crippen molar-refractivity contribution < 1.29 is 43.3 Å². The maximum absolute atomic E-state index is 14.6. The summed E-state index contributed by atoms with van der Waals surface area (Å²) in [5.74, 6) is -0.0234. The van der Waals surface area contributed by atoms with Crippen LogP contribution in [-0.2, 0) is 46.5 Å². The first kappa shape index (κ1) is 36.0. The SMILES string of the molecule is CC1(C)C[C@@H]2C(=Cc3ccccc3CN3O[C@@H]4[C@H]5OCO[C@H]5[C@@H]5C[C@]4(C(=O)NCc4cccc(C(=O)NCCO)c4)[C@@H]3C(=O)O5)CCC3O[C@]3(C)CC[C@H]21. The van der Waals surface area contributed by atoms with Gasteiger partial charge in [-0.3, -0.25) is 19.2 Å². The number of nitrogens with zero attached hydrogens (tertiary/aromatic N) is 1. The zero-order chi connectivity index (χ0) is 37.4. The van der Waals surface area contributed by atoms with Crippen LogP contribution >= 0.6 is 0 Å². The van der Waals surface area contributed by atoms with Crippen molar-refractivity contribution in [2.45, 2.75) is 115 Å². The molecule has 10 atom stereocenters. The Bertz CT molecular complexity index is 1860. The number of rotatable bonds is 9. The number of nitrogens with one attached hydrogen (secondary N) is 2. The third-order valence-electron chi connectivity index (χ3n) is 13.7. The molecular formula is C42H51N3O9. The van der Waals surface area contributed by atoms with Crippen LogP contribution in [0.1, 0.15) is 86.3 Å². The summed E-state index contributed by atoms with van der Waals surface area (Å²) in [5.41, 5.74) is 3.68. The molecule has 7 fully saturated rings. The standard InChI is InChI=1S/C42H51N3O9/c1-40(2)19-29-26(11-12-32-41(3,53-32)14-13-30(29)40)18-25-8-4-5-9-28(25)22-45-35-38(48)52-31-20-42(35,36(54-45)34-33(31)50-23-51-34)39(49)44-21-24-7-6-10-27(17-24)37(47)43-15-16-46/h4-10,17-18,29-36,46H,11-16,19-23H2,1-3H3,(H,43,47)(H,44,49)/t29-,30-,31+,32?,33+,34+,35+,36-,41-,42+/m1/s1. The zero-order valence-electron chi connectivity index (χ0n) is 31.3. The number of allylic oxidation sites excluding steroid dienone is 1. The number of epoxide rings is 1. The van der Waals surface area contributed by atoms with Crippen LogP contribution in [0.5, 0.6) is 0 Å². The molecule has 2 aromatic carbocycles. The Morgan fingerprint density at radius 3 is 2.69 bits per heavy atom. The van der Waals surface area contributed by atoms with Crippen LogP contribution in [0.4, 0.5) is 0 Å². The van der Waals surface area contributed by atoms with E-state index in [0.717, 1.165) is 30.4 Å². The highest BCUT2D eigenvalue weighted by atomic mass is 16.8. The molecule has 2 bridgehead atoms. The van der Waals surface area contributed by atoms with Gasteiger partial charge in [-0.1, -0.05) is 61.9 Å². The van der Waals surface area contributed by atoms with E-state index in [-0.39, 0.29) is 56.9 Å². The Balaban J connectivity index is 0.997. The van der Waals surface area contributed by atoms with Gasteiger partial charge in [0, 0.05) is 25.1 Å². The van der Waals surface area contributed by atoms with Crippen LogP contribution in [-0.4, -0.2) is 90.1 Å². The molecule has 4 aliphatic heterocycles. The number of carbonyl (C=O) groups is 3. The molecule has 3 N–H and O–H groups in total. The normalized spacial score (nSPS) is 38.1. The van der Waals surface area contributed by atoms with Crippen molar-refractivity contribution in [2.75, 3.05) is 19.9 Å². The number of hydroxylamine groups is 2. The first-order valence-corrected chi connectivity index (χ1v) is 19.6. The molecule has 54 heavy (non-hydrogen) atoms. The van der Waals surface area contributed by atoms with E-state index in [1.807, 2.05) is 18.2 Å². The van der Waals surface area contributed by atoms with Gasteiger partial charge in [-0.2, -0.15) is 5.06 Å². The van der Waals surface area contributed by atoms with Gasteiger partial charge in [0.25, 0.3) is 5.91 Å². The summed E-state index contributed by atoms with van der Waals surface area (Å²) in [7, 11) is 0. The molecule has 9 rings (SSSR count). The second kappa shape index (κ2) is 13.5. The van der Waals surface area contributed by atoms with Crippen molar-refractivity contribution in [1.82, 2.24) is 15.7 Å². The Labute approximate surface area is 315 Å². The van der Waals surface area contributed by atoms with Gasteiger partial charge < -0.3 is 34.7 Å². The molecule has 0 radical (unpaired) electrons. The molecule has 4 saturated heterocycles. The lowest BCUT2D eigenvalue weighted by atomic mass is 9.52. The maximum atomic E-state index is 14.6. The Morgan fingerprint density at radius 2 is 1.85 bits per heavy atom. The van der Waals surface area contributed by atoms with Crippen LogP contribution < -0.4 is 10.6 Å². The van der Waals surface area contributed by atoms with Crippen molar-refractivity contribution in [1.29, 1.82) is 0 Å². The van der Waals surface area contributed by atoms with Gasteiger partial charge in [0.1, 0.15) is 36.6 Å². The van der Waals surface area contributed by atoms with Crippen molar-refractivity contribution in [3.8, 4) is 0 Å². The fourth-order valence-electron chi connectivity index (χ4n) is 10.7. The second-order valence-corrected chi connectivity index (χ2v) is 17.3. The lowest BCUT2D eigenvalue weighted by molar-refractivity contribution is -0.201. The first-order chi connectivity index (χ1) is 26.0. The summed E-state index contributed by atoms with van der Waals surface area (Å²) in [6, 6.07) is 14.2. The molecule has 7 aliphatic rings. The summed E-state index contributed by atoms with van der Waals surface area (Å²) in [5, 5.41) is 16.5. The van der Waals surface area contributed by atoms with Gasteiger partial charge in [0.2, 0.25) is 5.91 Å². The Kier molecular flexibility index (Phi) is 9.02. The van der Waals surface area contributed by atoms with Crippen molar-refractivity contribution in [3.05, 3.63) is 76.4 Å². The molecule has 2 aromatic rings. The molecule has 3 aliphatic carbocycles. The Morgan fingerprint density at radius 1 is 1.02 bits per heavy atom. The highest BCUT2D eigenvalue weighted by molar-refractivity contribution is 5.95. The summed E-state index contributed by atoms with van der Waals surface area (Å²) < 4.78 is 24.2. The molecular weight excluding hydrogens is 690 g/mol. The van der Waals surface area contributed by atoms with Crippen molar-refractivity contribution >= 4 is 23.9 Å². The van der Waals surface area contributed by atoms with Crippen LogP contribution in [0.2, 0.25) is 0 Å². The van der Waals surface area contributed by atoms with E-state index in [2.05, 4.69) is 49.6 Å². The summed E-state index contributed by atoms with van der Waals surface area (Å²) in [6.45, 7) is 7.47. The maximum Gasteiger partial charge on any atom is 0.327 e. The number of fused-ring (bicyclic) bond motifs is 6. The number of aliphatic hydroxyl groups is 1. The molecule has 1 unspecified atom stereocenters. The molecule has 3 saturated carbocycles. The molecule has 0 spiro atoms. The minimum Gasteiger partial charge on any atom is -0.458 e. The number of hydrogen-bond acceptors (Lipinski definition) is 10. The monoisotopic (exact) mass is 741 g/mol. The average Bonchev–Trinajstić information content (AvgIpc) is 3.44. The summed E-state index contributed by atoms with van der Waals surface area (Å²) >= 11 is 0. The smallest absolute Gasteiger partial charge is 0.327 e. The van der Waals surface area contributed by atoms with Crippen LogP contribution in [0.15, 0.2) is 54.1 Å². The van der Waals surface area contributed by atoms with Crippen molar-refractivity contribution in [2.24, 2.45) is 22.7 Å². The first-order valence-electron chi connectivity index (χ1n) is 19.6. The number of amides is 2. The largest absolute Gasteiger partial charge is 0.458 e. The zero-order valence-corrected chi connectivity index (χ0v) is 31.3. The van der Waals surface area contributed by atoms with Gasteiger partial charge in [-0.25, -0.2) is 0 Å². The molecule has 288 valence electrons. The molecule has 0 aromatic heterocycles. The van der Waals surface area contributed by atoms with Gasteiger partial charge in [0.15, 0.2) is 6.04 Å². The fourth-order valence-corrected chi connectivity index (χ4v) is 10.7. The lowest BCUT2D eigenvalue weighted by Gasteiger charge is -2.53. The number of hydrogen-bond donors (Lipinski definition) is 3. The van der Waals surface area contributed by atoms with Gasteiger partial charge in [-0.15, -0.1) is 0 Å². The number of benzene rings is 2. The molecule has 12 nitrogen and oxygen atoms in total. The summed E-state index contributed by atoms with van der Waals surface area (Å²) in [4.78, 5) is 47.9. The predicted molar refractivity (Wildman–Crippen MR) is 195 cm³/mol. The fraction of sp³-hybridized carbons (Fsp3) is 0.595. The van der Waals surface area contributed by atoms with E-state index in [1.54, 1.807) is 23.3 Å². The number of esters is 1. The quantitative estimate of drug-likeness (QED) is 0.254. The van der Waals surface area contributed by atoms with Gasteiger partial charge in [0.05, 0.1) is 24.9 Å². The van der Waals surface area contributed by atoms with E-state index >= 15 is 0 Å². The molecule has 4 heterocycles. The lowest BCUT2D eigenvalue weighted by Crippen LogP contribution is -2.69. The van der Waals surface area contributed by atoms with E-state index in [4.69, 9.17) is 28.9 Å². The van der Waals surface area contributed by atoms with Gasteiger partial charge in [-0.05, 0) is 85.1 Å². The van der Waals surface area contributed by atoms with Crippen LogP contribution in [0, 0.1) is 22.7 Å². The van der Waals surface area contributed by atoms with Crippen LogP contribution in [0.3, 0.4) is 0 Å². The van der Waals surface area contributed by atoms with Gasteiger partial charge >= 0.3 is 5.97 Å². The topological polar surface area (TPSA) is 148 Å². The predicted octanol–water partition coefficient (Wildman–Crippen LogP) is 4.04. The van der Waals surface area contributed by atoms with Crippen LogP contribution in [0.25, 0.3) is 6.08 Å². The van der Waals surface area contributed by atoms with Crippen molar-refractivity contribution in [3.63, 3.8) is 0 Å². The second-order valence-electron chi connectivity index (χ2n) is 17.3. The highest BCUT2D eigenvalue weighted by Crippen LogP contribution is 2.60. The highest BCUT2D eigenvalue weighted by Gasteiger charge is 2.74. The summed E-state index contributed by atoms with van der Waals surface area (Å²) in [6.07, 6.45) is 5.81. The minimum absolute atomic E-state index is 0.0115. The molecule has 2 amide bonds.